The fraction of sp³-hybridized carbons (Fsp3) is 0.467. The number of carbonyl (C=O) groups excluding carboxylic acids is 2. The zero-order valence-corrected chi connectivity index (χ0v) is 13.8. The molecule has 7 heteroatoms. The monoisotopic (exact) mass is 344 g/mol. The van der Waals surface area contributed by atoms with Crippen molar-refractivity contribution in [3.63, 3.8) is 0 Å². The maximum Gasteiger partial charge on any atom is 0.245 e. The van der Waals surface area contributed by atoms with E-state index in [4.69, 9.17) is 27.9 Å². The zero-order chi connectivity index (χ0) is 16.1. The highest BCUT2D eigenvalue weighted by Gasteiger charge is 2.23. The maximum atomic E-state index is 12.2. The van der Waals surface area contributed by atoms with E-state index in [0.29, 0.717) is 41.9 Å². The summed E-state index contributed by atoms with van der Waals surface area (Å²) >= 11 is 11.9. The fourth-order valence-corrected chi connectivity index (χ4v) is 2.73. The fourth-order valence-electron chi connectivity index (χ4n) is 2.25. The van der Waals surface area contributed by atoms with E-state index in [-0.39, 0.29) is 18.2 Å². The van der Waals surface area contributed by atoms with Gasteiger partial charge in [-0.1, -0.05) is 29.3 Å². The summed E-state index contributed by atoms with van der Waals surface area (Å²) in [5.74, 6) is -0.350. The molecule has 22 heavy (non-hydrogen) atoms. The molecule has 0 radical (unpaired) electrons. The molecular formula is C15H18Cl2N2O3. The number of carbonyl (C=O) groups is 2. The highest BCUT2D eigenvalue weighted by atomic mass is 35.5. The summed E-state index contributed by atoms with van der Waals surface area (Å²) < 4.78 is 5.21. The van der Waals surface area contributed by atoms with Crippen LogP contribution in [-0.4, -0.2) is 49.1 Å². The first-order valence-electron chi connectivity index (χ1n) is 7.07. The van der Waals surface area contributed by atoms with Crippen molar-refractivity contribution in [2.75, 3.05) is 26.3 Å². The number of rotatable bonds is 4. The van der Waals surface area contributed by atoms with Crippen LogP contribution in [0.1, 0.15) is 12.5 Å². The summed E-state index contributed by atoms with van der Waals surface area (Å²) in [6.45, 7) is 3.86. The van der Waals surface area contributed by atoms with Gasteiger partial charge in [0.15, 0.2) is 0 Å². The molecule has 1 unspecified atom stereocenters. The molecule has 1 aromatic carbocycles. The predicted molar refractivity (Wildman–Crippen MR) is 85.2 cm³/mol. The maximum absolute atomic E-state index is 12.2. The van der Waals surface area contributed by atoms with Gasteiger partial charge in [0.05, 0.1) is 19.6 Å². The van der Waals surface area contributed by atoms with E-state index >= 15 is 0 Å². The van der Waals surface area contributed by atoms with E-state index in [9.17, 15) is 9.59 Å². The van der Waals surface area contributed by atoms with Gasteiger partial charge in [0.2, 0.25) is 11.8 Å². The molecule has 120 valence electrons. The van der Waals surface area contributed by atoms with E-state index in [1.54, 1.807) is 30.0 Å². The van der Waals surface area contributed by atoms with Crippen molar-refractivity contribution >= 4 is 35.0 Å². The molecule has 1 heterocycles. The van der Waals surface area contributed by atoms with Crippen LogP contribution in [0.25, 0.3) is 0 Å². The summed E-state index contributed by atoms with van der Waals surface area (Å²) in [6, 6.07) is 4.40. The van der Waals surface area contributed by atoms with Crippen LogP contribution < -0.4 is 5.32 Å². The molecular weight excluding hydrogens is 327 g/mol. The van der Waals surface area contributed by atoms with Crippen LogP contribution in [-0.2, 0) is 20.7 Å². The third-order valence-electron chi connectivity index (χ3n) is 3.44. The summed E-state index contributed by atoms with van der Waals surface area (Å²) in [7, 11) is 0. The van der Waals surface area contributed by atoms with E-state index in [1.165, 1.54) is 0 Å². The number of hydrogen-bond donors (Lipinski definition) is 1. The van der Waals surface area contributed by atoms with Gasteiger partial charge >= 0.3 is 0 Å². The summed E-state index contributed by atoms with van der Waals surface area (Å²) in [5.41, 5.74) is 0.676. The highest BCUT2D eigenvalue weighted by molar-refractivity contribution is 6.35. The molecule has 1 aliphatic heterocycles. The average Bonchev–Trinajstić information content (AvgIpc) is 2.50. The Balaban J connectivity index is 1.89. The molecule has 0 bridgehead atoms. The van der Waals surface area contributed by atoms with Crippen molar-refractivity contribution in [2.24, 2.45) is 0 Å². The third-order valence-corrected chi connectivity index (χ3v) is 4.02. The van der Waals surface area contributed by atoms with Crippen molar-refractivity contribution < 1.29 is 14.3 Å². The Hall–Kier alpha value is -1.30. The third kappa shape index (κ3) is 4.60. The number of benzene rings is 1. The van der Waals surface area contributed by atoms with Crippen LogP contribution in [0, 0.1) is 0 Å². The van der Waals surface area contributed by atoms with Gasteiger partial charge in [0, 0.05) is 23.1 Å². The number of morpholine rings is 1. The first-order valence-corrected chi connectivity index (χ1v) is 7.83. The van der Waals surface area contributed by atoms with Gasteiger partial charge in [0.25, 0.3) is 0 Å². The van der Waals surface area contributed by atoms with Crippen molar-refractivity contribution in [3.8, 4) is 0 Å². The van der Waals surface area contributed by atoms with Gasteiger partial charge in [-0.25, -0.2) is 0 Å². The Morgan fingerprint density at radius 3 is 2.64 bits per heavy atom. The molecule has 0 aliphatic carbocycles. The minimum absolute atomic E-state index is 0.0983. The lowest BCUT2D eigenvalue weighted by molar-refractivity contribution is -0.139. The highest BCUT2D eigenvalue weighted by Crippen LogP contribution is 2.21. The summed E-state index contributed by atoms with van der Waals surface area (Å²) in [6.07, 6.45) is 0.108. The van der Waals surface area contributed by atoms with Crippen LogP contribution in [0.5, 0.6) is 0 Å². The second-order valence-electron chi connectivity index (χ2n) is 5.14. The van der Waals surface area contributed by atoms with Crippen LogP contribution in [0.4, 0.5) is 0 Å². The second-order valence-corrected chi connectivity index (χ2v) is 5.98. The predicted octanol–water partition coefficient (Wildman–Crippen LogP) is 1.90. The van der Waals surface area contributed by atoms with Gasteiger partial charge < -0.3 is 15.0 Å². The smallest absolute Gasteiger partial charge is 0.245 e. The Morgan fingerprint density at radius 1 is 1.32 bits per heavy atom. The number of nitrogens with one attached hydrogen (secondary N) is 1. The lowest BCUT2D eigenvalue weighted by Crippen LogP contribution is -2.50. The molecule has 1 fully saturated rings. The number of ether oxygens (including phenoxy) is 1. The minimum atomic E-state index is -0.573. The molecule has 2 amide bonds. The van der Waals surface area contributed by atoms with E-state index in [0.717, 1.165) is 0 Å². The van der Waals surface area contributed by atoms with E-state index in [2.05, 4.69) is 5.32 Å². The lowest BCUT2D eigenvalue weighted by atomic mass is 10.1. The number of hydrogen-bond acceptors (Lipinski definition) is 3. The molecule has 1 atom stereocenters. The topological polar surface area (TPSA) is 58.6 Å². The van der Waals surface area contributed by atoms with Gasteiger partial charge in [-0.2, -0.15) is 0 Å². The normalized spacial score (nSPS) is 16.2. The van der Waals surface area contributed by atoms with Crippen LogP contribution in [0.15, 0.2) is 18.2 Å². The van der Waals surface area contributed by atoms with E-state index in [1.807, 2.05) is 0 Å². The SMILES string of the molecule is CC(NC(=O)Cc1ccc(Cl)cc1Cl)C(=O)N1CCOCC1. The number of halogens is 2. The minimum Gasteiger partial charge on any atom is -0.378 e. The van der Waals surface area contributed by atoms with Gasteiger partial charge in [-0.05, 0) is 24.6 Å². The van der Waals surface area contributed by atoms with Crippen molar-refractivity contribution in [1.29, 1.82) is 0 Å². The van der Waals surface area contributed by atoms with Crippen molar-refractivity contribution in [3.05, 3.63) is 33.8 Å². The Morgan fingerprint density at radius 2 is 2.00 bits per heavy atom. The number of nitrogens with zero attached hydrogens (tertiary/aromatic N) is 1. The van der Waals surface area contributed by atoms with Crippen LogP contribution >= 0.6 is 23.2 Å². The lowest BCUT2D eigenvalue weighted by Gasteiger charge is -2.29. The molecule has 2 rings (SSSR count). The zero-order valence-electron chi connectivity index (χ0n) is 12.3. The second kappa shape index (κ2) is 7.81. The van der Waals surface area contributed by atoms with Gasteiger partial charge in [-0.15, -0.1) is 0 Å². The molecule has 1 saturated heterocycles. The Kier molecular flexibility index (Phi) is 6.06. The standard InChI is InChI=1S/C15H18Cl2N2O3/c1-10(15(21)19-4-6-22-7-5-19)18-14(20)8-11-2-3-12(16)9-13(11)17/h2-3,9-10H,4-8H2,1H3,(H,18,20). The van der Waals surface area contributed by atoms with E-state index < -0.39 is 6.04 Å². The summed E-state index contributed by atoms with van der Waals surface area (Å²) in [4.78, 5) is 26.0. The van der Waals surface area contributed by atoms with Crippen molar-refractivity contribution in [2.45, 2.75) is 19.4 Å². The van der Waals surface area contributed by atoms with Crippen molar-refractivity contribution in [1.82, 2.24) is 10.2 Å². The average molecular weight is 345 g/mol. The molecule has 0 spiro atoms. The Labute approximate surface area is 139 Å². The summed E-state index contributed by atoms with van der Waals surface area (Å²) in [5, 5.41) is 3.66. The molecule has 0 aromatic heterocycles. The molecule has 1 N–H and O–H groups in total. The van der Waals surface area contributed by atoms with Gasteiger partial charge in [0.1, 0.15) is 6.04 Å². The molecule has 5 nitrogen and oxygen atoms in total. The van der Waals surface area contributed by atoms with Gasteiger partial charge in [-0.3, -0.25) is 9.59 Å². The largest absolute Gasteiger partial charge is 0.378 e. The molecule has 1 aliphatic rings. The van der Waals surface area contributed by atoms with Crippen LogP contribution in [0.2, 0.25) is 10.0 Å². The first kappa shape index (κ1) is 17.1. The van der Waals surface area contributed by atoms with Crippen LogP contribution in [0.3, 0.4) is 0 Å². The first-order chi connectivity index (χ1) is 10.5. The quantitative estimate of drug-likeness (QED) is 0.907. The number of amides is 2. The Bertz CT molecular complexity index is 560. The molecule has 1 aromatic rings. The molecule has 0 saturated carbocycles.